The predicted molar refractivity (Wildman–Crippen MR) is 172 cm³/mol. The molecule has 5 heterocycles. The van der Waals surface area contributed by atoms with Crippen LogP contribution in [-0.2, 0) is 21.4 Å². The van der Waals surface area contributed by atoms with E-state index < -0.39 is 5.41 Å². The largest absolute Gasteiger partial charge is 0.466 e. The zero-order valence-corrected chi connectivity index (χ0v) is 27.0. The fourth-order valence-corrected chi connectivity index (χ4v) is 8.18. The van der Waals surface area contributed by atoms with E-state index in [1.54, 1.807) is 11.6 Å². The minimum absolute atomic E-state index is 0.0283. The Bertz CT molecular complexity index is 1640. The number of urea groups is 1. The molecule has 1 saturated carbocycles. The molecular weight excluding hydrogens is 584 g/mol. The number of aromatic nitrogens is 3. The van der Waals surface area contributed by atoms with Crippen molar-refractivity contribution in [1.82, 2.24) is 20.0 Å². The predicted octanol–water partition coefficient (Wildman–Crippen LogP) is 4.84. The van der Waals surface area contributed by atoms with E-state index in [2.05, 4.69) is 36.5 Å². The molecule has 2 saturated heterocycles. The highest BCUT2D eigenvalue weighted by Crippen LogP contribution is 2.48. The number of carbonyl (C=O) groups is 2. The monoisotopic (exact) mass is 627 g/mol. The molecule has 0 aromatic carbocycles. The Morgan fingerprint density at radius 2 is 1.98 bits per heavy atom. The van der Waals surface area contributed by atoms with Crippen molar-refractivity contribution in [2.45, 2.75) is 94.7 Å². The highest BCUT2D eigenvalue weighted by Gasteiger charge is 2.50. The average molecular weight is 628 g/mol. The molecule has 5 aliphatic rings. The molecule has 242 valence electrons. The molecule has 0 radical (unpaired) electrons. The van der Waals surface area contributed by atoms with Crippen molar-refractivity contribution in [1.29, 1.82) is 0 Å². The van der Waals surface area contributed by atoms with Crippen molar-refractivity contribution >= 4 is 29.5 Å². The lowest BCUT2D eigenvalue weighted by Gasteiger charge is -2.37. The van der Waals surface area contributed by atoms with E-state index in [-0.39, 0.29) is 47.5 Å². The summed E-state index contributed by atoms with van der Waals surface area (Å²) in [5.41, 5.74) is 1.48. The van der Waals surface area contributed by atoms with E-state index in [0.717, 1.165) is 56.2 Å². The van der Waals surface area contributed by atoms with Gasteiger partial charge in [0.15, 0.2) is 0 Å². The lowest BCUT2D eigenvalue weighted by molar-refractivity contribution is -0.325. The van der Waals surface area contributed by atoms with Crippen molar-refractivity contribution in [2.75, 3.05) is 32.2 Å². The Morgan fingerprint density at radius 1 is 1.15 bits per heavy atom. The summed E-state index contributed by atoms with van der Waals surface area (Å²) < 4.78 is 20.1. The number of hydrogen-bond donors (Lipinski definition) is 0. The number of carbonyl (C=O) groups excluding carboxylic acids is 2. The second-order valence-corrected chi connectivity index (χ2v) is 13.7. The van der Waals surface area contributed by atoms with Crippen LogP contribution in [0.5, 0.6) is 5.88 Å². The zero-order chi connectivity index (χ0) is 32.2. The van der Waals surface area contributed by atoms with Crippen molar-refractivity contribution in [3.8, 4) is 29.8 Å². The Labute approximate surface area is 270 Å². The number of likely N-dealkylation sites (N-methyl/N-ethyl adjacent to an activating group) is 1. The van der Waals surface area contributed by atoms with Crippen molar-refractivity contribution < 1.29 is 28.2 Å². The number of hydrogen-bond acceptors (Lipinski definition) is 9. The minimum Gasteiger partial charge on any atom is -0.466 e. The van der Waals surface area contributed by atoms with Gasteiger partial charge in [0, 0.05) is 29.9 Å². The van der Waals surface area contributed by atoms with Crippen LogP contribution in [-0.4, -0.2) is 88.1 Å². The standard InChI is InChI=1S/C35H43N6O5/c1-6-22-17-23(20-44-19-22)18-41-32-28(40(5)34(41)43)33(45-26(7-2)25-14-13-21(3)39(25)4)37-31(36-32)29-24-11-10-16-35(30(24)38-46-29)15-9-8-12-27(35)42/h1,7,18,21-23,25-26H,2,8-17,19-20H2,3-5H3/q+1/b41-18-/t21-,22-,23?,25-,26-,35+/m0/s1. The van der Waals surface area contributed by atoms with E-state index in [9.17, 15) is 9.59 Å². The van der Waals surface area contributed by atoms with Gasteiger partial charge in [0.2, 0.25) is 11.4 Å². The van der Waals surface area contributed by atoms with Gasteiger partial charge in [-0.3, -0.25) is 9.69 Å². The maximum absolute atomic E-state index is 13.8. The summed E-state index contributed by atoms with van der Waals surface area (Å²) in [7, 11) is 3.80. The van der Waals surface area contributed by atoms with Crippen LogP contribution in [0, 0.1) is 24.2 Å². The van der Waals surface area contributed by atoms with Gasteiger partial charge >= 0.3 is 11.8 Å². The van der Waals surface area contributed by atoms with E-state index >= 15 is 0 Å². The summed E-state index contributed by atoms with van der Waals surface area (Å²) in [4.78, 5) is 40.9. The highest BCUT2D eigenvalue weighted by atomic mass is 16.5. The quantitative estimate of drug-likeness (QED) is 0.252. The van der Waals surface area contributed by atoms with Gasteiger partial charge in [-0.15, -0.1) is 12.3 Å². The van der Waals surface area contributed by atoms with Gasteiger partial charge < -0.3 is 14.0 Å². The van der Waals surface area contributed by atoms with E-state index in [4.69, 9.17) is 30.4 Å². The first-order valence-electron chi connectivity index (χ1n) is 16.7. The fraction of sp³-hybridized carbons (Fsp3) is 0.600. The lowest BCUT2D eigenvalue weighted by atomic mass is 9.64. The fourth-order valence-electron chi connectivity index (χ4n) is 8.18. The first-order chi connectivity index (χ1) is 22.3. The van der Waals surface area contributed by atoms with Crippen LogP contribution in [0.2, 0.25) is 0 Å². The average Bonchev–Trinajstić information content (AvgIpc) is 3.72. The zero-order valence-electron chi connectivity index (χ0n) is 27.0. The molecule has 11 nitrogen and oxygen atoms in total. The molecule has 2 aromatic rings. The number of nitrogens with zero attached hydrogens (tertiary/aromatic N) is 6. The molecule has 0 bridgehead atoms. The molecule has 1 unspecified atom stereocenters. The van der Waals surface area contributed by atoms with Gasteiger partial charge in [0.1, 0.15) is 17.6 Å². The second-order valence-electron chi connectivity index (χ2n) is 13.7. The number of ether oxygens (including phenoxy) is 2. The van der Waals surface area contributed by atoms with E-state index in [1.165, 1.54) is 4.90 Å². The van der Waals surface area contributed by atoms with Crippen LogP contribution >= 0.6 is 0 Å². The molecule has 11 heteroatoms. The smallest absolute Gasteiger partial charge is 0.448 e. The maximum Gasteiger partial charge on any atom is 0.448 e. The van der Waals surface area contributed by atoms with Crippen LogP contribution < -0.4 is 9.64 Å². The third-order valence-electron chi connectivity index (χ3n) is 10.9. The molecule has 46 heavy (non-hydrogen) atoms. The number of terminal acetylenes is 1. The molecule has 2 amide bonds. The highest BCUT2D eigenvalue weighted by molar-refractivity contribution is 5.99. The Balaban J connectivity index is 1.35. The number of ketones is 1. The van der Waals surface area contributed by atoms with Crippen LogP contribution in [0.25, 0.3) is 11.6 Å². The summed E-state index contributed by atoms with van der Waals surface area (Å²) in [6, 6.07) is 0.237. The summed E-state index contributed by atoms with van der Waals surface area (Å²) in [6.07, 6.45) is 17.3. The van der Waals surface area contributed by atoms with Crippen molar-refractivity contribution in [3.63, 3.8) is 0 Å². The van der Waals surface area contributed by atoms with Crippen LogP contribution in [0.3, 0.4) is 0 Å². The Hall–Kier alpha value is -3.88. The van der Waals surface area contributed by atoms with Gasteiger partial charge in [0.25, 0.3) is 11.7 Å². The maximum atomic E-state index is 13.8. The summed E-state index contributed by atoms with van der Waals surface area (Å²) in [6.45, 7) is 7.27. The molecule has 6 atom stereocenters. The number of likely N-dealkylation sites (tertiary alicyclic amines) is 1. The van der Waals surface area contributed by atoms with Gasteiger partial charge in [-0.2, -0.15) is 9.56 Å². The Kier molecular flexibility index (Phi) is 8.06. The molecule has 3 aliphatic heterocycles. The normalized spacial score (nSPS) is 31.2. The van der Waals surface area contributed by atoms with Gasteiger partial charge in [-0.05, 0) is 71.4 Å². The number of fused-ring (bicyclic) bond motifs is 3. The number of anilines is 1. The third-order valence-corrected chi connectivity index (χ3v) is 10.9. The molecule has 7 rings (SSSR count). The number of amides is 2. The van der Waals surface area contributed by atoms with Crippen molar-refractivity contribution in [3.05, 3.63) is 23.9 Å². The number of rotatable bonds is 6. The Morgan fingerprint density at radius 3 is 2.72 bits per heavy atom. The van der Waals surface area contributed by atoms with Crippen LogP contribution in [0.15, 0.2) is 17.2 Å². The number of Topliss-reactive ketones (excluding diaryl/α,β-unsaturated/α-hetero) is 1. The molecule has 1 spiro atoms. The van der Waals surface area contributed by atoms with Gasteiger partial charge in [0.05, 0.1) is 37.9 Å². The van der Waals surface area contributed by atoms with Crippen LogP contribution in [0.4, 0.5) is 16.3 Å². The van der Waals surface area contributed by atoms with Gasteiger partial charge in [-0.25, -0.2) is 9.69 Å². The SMILES string of the molecule is C#C[C@@H]1COCC(/C=[N+]2\C(=O)N(C)c3c(O[C@@H](C=C)[C@@H]4CC[C@H](C)N4C)nc(-c4onc5c4CCC[C@@]54CCCCC4=O)nc32)C1. The van der Waals surface area contributed by atoms with E-state index in [1.807, 2.05) is 12.3 Å². The van der Waals surface area contributed by atoms with E-state index in [0.29, 0.717) is 55.8 Å². The first-order valence-corrected chi connectivity index (χ1v) is 16.7. The summed E-state index contributed by atoms with van der Waals surface area (Å²) >= 11 is 0. The molecule has 0 N–H and O–H groups in total. The minimum atomic E-state index is -0.605. The van der Waals surface area contributed by atoms with Gasteiger partial charge in [-0.1, -0.05) is 23.1 Å². The molecule has 2 aromatic heterocycles. The lowest BCUT2D eigenvalue weighted by Crippen LogP contribution is -2.41. The summed E-state index contributed by atoms with van der Waals surface area (Å²) in [5.74, 6) is 4.31. The first kappa shape index (κ1) is 30.8. The molecular formula is C35H43N6O5+. The van der Waals surface area contributed by atoms with Crippen molar-refractivity contribution in [2.24, 2.45) is 11.8 Å². The topological polar surface area (TPSA) is 114 Å². The molecule has 2 aliphatic carbocycles. The molecule has 3 fully saturated rings. The third kappa shape index (κ3) is 4.97. The second kappa shape index (κ2) is 12.0. The van der Waals surface area contributed by atoms with Crippen LogP contribution in [0.1, 0.15) is 76.0 Å². The summed E-state index contributed by atoms with van der Waals surface area (Å²) in [5, 5.41) is 4.53.